The molecule has 1 aromatic heterocycles. The maximum atomic E-state index is 13.6. The topological polar surface area (TPSA) is 106 Å². The highest BCUT2D eigenvalue weighted by molar-refractivity contribution is 8.00. The summed E-state index contributed by atoms with van der Waals surface area (Å²) < 4.78 is 15.4. The van der Waals surface area contributed by atoms with Crippen molar-refractivity contribution in [2.24, 2.45) is 0 Å². The molecule has 0 aliphatic carbocycles. The number of nitrogens with one attached hydrogen (secondary N) is 1. The van der Waals surface area contributed by atoms with Crippen LogP contribution in [0.5, 0.6) is 0 Å². The fraction of sp³-hybridized carbons (Fsp3) is 0.286. The van der Waals surface area contributed by atoms with Gasteiger partial charge in [-0.1, -0.05) is 23.4 Å². The van der Waals surface area contributed by atoms with Gasteiger partial charge in [0.05, 0.1) is 16.2 Å². The number of carbonyl (C=O) groups excluding carboxylic acids is 1. The lowest BCUT2D eigenvalue weighted by Gasteiger charge is -2.21. The Morgan fingerprint density at radius 3 is 2.48 bits per heavy atom. The summed E-state index contributed by atoms with van der Waals surface area (Å²) in [6.07, 6.45) is 0. The molecule has 1 amide bonds. The standard InChI is InChI=1S/C21H22ClFN6O3S/c1-12(27(3)4)19-25-26-21(28(19)16-8-5-14(22)6-9-16)33-13(2)20(30)24-15-7-10-17(23)18(11-15)29(31)32/h5-13H,1-4H3,(H,24,30). The van der Waals surface area contributed by atoms with Gasteiger partial charge in [-0.2, -0.15) is 4.39 Å². The van der Waals surface area contributed by atoms with Gasteiger partial charge in [-0.15, -0.1) is 10.2 Å². The molecule has 0 fully saturated rings. The Bertz CT molecular complexity index is 1170. The second-order valence-corrected chi connectivity index (χ2v) is 9.21. The number of amides is 1. The van der Waals surface area contributed by atoms with E-state index in [1.54, 1.807) is 19.1 Å². The van der Waals surface area contributed by atoms with Crippen molar-refractivity contribution in [1.29, 1.82) is 0 Å². The first-order valence-electron chi connectivity index (χ1n) is 9.87. The summed E-state index contributed by atoms with van der Waals surface area (Å²) in [5.41, 5.74) is 0.205. The molecule has 2 aromatic carbocycles. The number of hydrogen-bond donors (Lipinski definition) is 1. The quantitative estimate of drug-likeness (QED) is 0.275. The third-order valence-electron chi connectivity index (χ3n) is 4.95. The van der Waals surface area contributed by atoms with Crippen molar-refractivity contribution in [2.75, 3.05) is 19.4 Å². The molecule has 174 valence electrons. The fourth-order valence-corrected chi connectivity index (χ4v) is 3.88. The van der Waals surface area contributed by atoms with Gasteiger partial charge in [0.1, 0.15) is 0 Å². The summed E-state index contributed by atoms with van der Waals surface area (Å²) in [5.74, 6) is -0.709. The van der Waals surface area contributed by atoms with Crippen LogP contribution in [0.2, 0.25) is 5.02 Å². The maximum absolute atomic E-state index is 13.6. The van der Waals surface area contributed by atoms with Gasteiger partial charge >= 0.3 is 5.69 Å². The lowest BCUT2D eigenvalue weighted by atomic mass is 10.2. The third-order valence-corrected chi connectivity index (χ3v) is 6.25. The Morgan fingerprint density at radius 2 is 1.88 bits per heavy atom. The van der Waals surface area contributed by atoms with Crippen LogP contribution >= 0.6 is 23.4 Å². The zero-order valence-electron chi connectivity index (χ0n) is 18.3. The molecule has 2 unspecified atom stereocenters. The van der Waals surface area contributed by atoms with E-state index in [-0.39, 0.29) is 11.7 Å². The summed E-state index contributed by atoms with van der Waals surface area (Å²) in [7, 11) is 3.85. The Labute approximate surface area is 199 Å². The predicted molar refractivity (Wildman–Crippen MR) is 125 cm³/mol. The van der Waals surface area contributed by atoms with Gasteiger partial charge in [-0.05, 0) is 64.3 Å². The minimum Gasteiger partial charge on any atom is -0.325 e. The molecular formula is C21H22ClFN6O3S. The molecule has 3 rings (SSSR count). The molecule has 0 bridgehead atoms. The average Bonchev–Trinajstić information content (AvgIpc) is 3.17. The van der Waals surface area contributed by atoms with Crippen LogP contribution in [0, 0.1) is 15.9 Å². The number of nitro groups is 1. The van der Waals surface area contributed by atoms with E-state index in [2.05, 4.69) is 15.5 Å². The number of nitrogens with zero attached hydrogens (tertiary/aromatic N) is 5. The number of anilines is 1. The minimum atomic E-state index is -0.973. The maximum Gasteiger partial charge on any atom is 0.306 e. The Morgan fingerprint density at radius 1 is 1.21 bits per heavy atom. The van der Waals surface area contributed by atoms with Gasteiger partial charge in [0.2, 0.25) is 11.7 Å². The molecule has 0 spiro atoms. The van der Waals surface area contributed by atoms with E-state index in [4.69, 9.17) is 11.6 Å². The number of halogens is 2. The SMILES string of the molecule is CC(Sc1nnc(C(C)N(C)C)n1-c1ccc(Cl)cc1)C(=O)Nc1ccc(F)c([N+](=O)[O-])c1. The normalized spacial score (nSPS) is 13.1. The van der Waals surface area contributed by atoms with E-state index in [9.17, 15) is 19.3 Å². The first kappa shape index (κ1) is 24.6. The molecule has 1 heterocycles. The van der Waals surface area contributed by atoms with Gasteiger partial charge in [-0.25, -0.2) is 0 Å². The van der Waals surface area contributed by atoms with Crippen molar-refractivity contribution in [2.45, 2.75) is 30.3 Å². The summed E-state index contributed by atoms with van der Waals surface area (Å²) in [6.45, 7) is 3.66. The number of carbonyl (C=O) groups is 1. The van der Waals surface area contributed by atoms with E-state index >= 15 is 0 Å². The Balaban J connectivity index is 1.86. The summed E-state index contributed by atoms with van der Waals surface area (Å²) >= 11 is 7.21. The zero-order chi connectivity index (χ0) is 24.3. The van der Waals surface area contributed by atoms with Crippen LogP contribution in [-0.4, -0.2) is 49.8 Å². The number of rotatable bonds is 8. The van der Waals surface area contributed by atoms with Crippen molar-refractivity contribution < 1.29 is 14.1 Å². The van der Waals surface area contributed by atoms with Gasteiger partial charge in [-0.3, -0.25) is 24.4 Å². The smallest absolute Gasteiger partial charge is 0.306 e. The number of aromatic nitrogens is 3. The number of nitro benzene ring substituents is 1. The molecule has 0 radical (unpaired) electrons. The summed E-state index contributed by atoms with van der Waals surface area (Å²) in [5, 5.41) is 22.6. The molecule has 0 saturated carbocycles. The Hall–Kier alpha value is -3.02. The molecule has 33 heavy (non-hydrogen) atoms. The molecular weight excluding hydrogens is 471 g/mol. The number of hydrogen-bond acceptors (Lipinski definition) is 7. The van der Waals surface area contributed by atoms with Crippen LogP contribution in [0.15, 0.2) is 47.6 Å². The van der Waals surface area contributed by atoms with Crippen LogP contribution in [0.25, 0.3) is 5.69 Å². The lowest BCUT2D eigenvalue weighted by molar-refractivity contribution is -0.387. The molecule has 0 aliphatic rings. The first-order chi connectivity index (χ1) is 15.6. The van der Waals surface area contributed by atoms with Crippen molar-refractivity contribution in [3.05, 3.63) is 69.2 Å². The van der Waals surface area contributed by atoms with Gasteiger partial charge in [0.25, 0.3) is 0 Å². The highest BCUT2D eigenvalue weighted by Gasteiger charge is 2.25. The molecule has 0 saturated heterocycles. The zero-order valence-corrected chi connectivity index (χ0v) is 19.9. The highest BCUT2D eigenvalue weighted by Crippen LogP contribution is 2.30. The van der Waals surface area contributed by atoms with Gasteiger partial charge in [0.15, 0.2) is 11.0 Å². The molecule has 2 atom stereocenters. The lowest BCUT2D eigenvalue weighted by Crippen LogP contribution is -2.23. The van der Waals surface area contributed by atoms with Crippen molar-refractivity contribution in [3.8, 4) is 5.69 Å². The monoisotopic (exact) mass is 492 g/mol. The van der Waals surface area contributed by atoms with Crippen LogP contribution in [0.1, 0.15) is 25.7 Å². The van der Waals surface area contributed by atoms with Gasteiger partial charge < -0.3 is 5.32 Å². The van der Waals surface area contributed by atoms with Crippen LogP contribution in [-0.2, 0) is 4.79 Å². The molecule has 0 aliphatic heterocycles. The molecule has 1 N–H and O–H groups in total. The summed E-state index contributed by atoms with van der Waals surface area (Å²) in [6, 6.07) is 10.3. The minimum absolute atomic E-state index is 0.0635. The van der Waals surface area contributed by atoms with Crippen molar-refractivity contribution in [1.82, 2.24) is 19.7 Å². The van der Waals surface area contributed by atoms with E-state index in [1.807, 2.05) is 42.6 Å². The Kier molecular flexibility index (Phi) is 7.67. The second kappa shape index (κ2) is 10.3. The first-order valence-corrected chi connectivity index (χ1v) is 11.1. The van der Waals surface area contributed by atoms with Crippen LogP contribution < -0.4 is 5.32 Å². The van der Waals surface area contributed by atoms with Crippen molar-refractivity contribution in [3.63, 3.8) is 0 Å². The predicted octanol–water partition coefficient (Wildman–Crippen LogP) is 4.71. The molecule has 12 heteroatoms. The number of thioether (sulfide) groups is 1. The van der Waals surface area contributed by atoms with E-state index in [0.29, 0.717) is 16.0 Å². The van der Waals surface area contributed by atoms with Crippen LogP contribution in [0.4, 0.5) is 15.8 Å². The molecule has 9 nitrogen and oxygen atoms in total. The third kappa shape index (κ3) is 5.67. The van der Waals surface area contributed by atoms with Crippen LogP contribution in [0.3, 0.4) is 0 Å². The second-order valence-electron chi connectivity index (χ2n) is 7.46. The summed E-state index contributed by atoms with van der Waals surface area (Å²) in [4.78, 5) is 24.8. The average molecular weight is 493 g/mol. The largest absolute Gasteiger partial charge is 0.325 e. The fourth-order valence-electron chi connectivity index (χ4n) is 2.88. The van der Waals surface area contributed by atoms with Crippen molar-refractivity contribution >= 4 is 40.6 Å². The van der Waals surface area contributed by atoms with Gasteiger partial charge in [0, 0.05) is 22.5 Å². The highest BCUT2D eigenvalue weighted by atomic mass is 35.5. The number of benzene rings is 2. The van der Waals surface area contributed by atoms with E-state index in [0.717, 1.165) is 17.8 Å². The molecule has 3 aromatic rings. The van der Waals surface area contributed by atoms with E-state index in [1.165, 1.54) is 17.8 Å². The van der Waals surface area contributed by atoms with E-state index < -0.39 is 27.6 Å².